The van der Waals surface area contributed by atoms with Gasteiger partial charge in [0.15, 0.2) is 0 Å². The van der Waals surface area contributed by atoms with Crippen LogP contribution in [0.3, 0.4) is 0 Å². The monoisotopic (exact) mass is 297 g/mol. The Bertz CT molecular complexity index is 395. The Morgan fingerprint density at radius 2 is 1.48 bits per heavy atom. The maximum Gasteiger partial charge on any atom is 0.310 e. The highest BCUT2D eigenvalue weighted by atomic mass is 16.5. The van der Waals surface area contributed by atoms with Crippen molar-refractivity contribution in [3.8, 4) is 0 Å². The zero-order valence-corrected chi connectivity index (χ0v) is 15.1. The molecule has 122 valence electrons. The fourth-order valence-corrected chi connectivity index (χ4v) is 1.63. The van der Waals surface area contributed by atoms with Gasteiger partial charge in [-0.25, -0.2) is 9.97 Å². The summed E-state index contributed by atoms with van der Waals surface area (Å²) < 4.78 is 4.66. The lowest BCUT2D eigenvalue weighted by atomic mass is 10.1. The summed E-state index contributed by atoms with van der Waals surface area (Å²) in [5, 5.41) is 0. The number of carbonyl (C=O) groups excluding carboxylic acids is 1. The molecule has 0 saturated carbocycles. The smallest absolute Gasteiger partial charge is 0.310 e. The normalized spacial score (nSPS) is 9.24. The first kappa shape index (κ1) is 21.8. The summed E-state index contributed by atoms with van der Waals surface area (Å²) in [7, 11) is 5.32. The first-order chi connectivity index (χ1) is 9.93. The Kier molecular flexibility index (Phi) is 12.7. The summed E-state index contributed by atoms with van der Waals surface area (Å²) in [5.74, 6) is 0.513. The fraction of sp³-hybridized carbons (Fsp3) is 0.688. The van der Waals surface area contributed by atoms with Crippen molar-refractivity contribution in [3.63, 3.8) is 0 Å². The average molecular weight is 297 g/mol. The highest BCUT2D eigenvalue weighted by molar-refractivity contribution is 5.73. The molecule has 0 amide bonds. The zero-order chi connectivity index (χ0) is 17.0. The first-order valence-corrected chi connectivity index (χ1v) is 7.48. The summed E-state index contributed by atoms with van der Waals surface area (Å²) in [6.07, 6.45) is 0.233. The number of nitrogens with zero attached hydrogens (tertiary/aromatic N) is 3. The van der Waals surface area contributed by atoms with Gasteiger partial charge in [-0.3, -0.25) is 4.79 Å². The number of aryl methyl sites for hydroxylation is 2. The molecule has 0 bridgehead atoms. The third-order valence-electron chi connectivity index (χ3n) is 2.47. The molecular weight excluding hydrogens is 266 g/mol. The number of hydrogen-bond donors (Lipinski definition) is 0. The van der Waals surface area contributed by atoms with E-state index >= 15 is 0 Å². The number of aromatic nitrogens is 2. The Hall–Kier alpha value is -1.49. The van der Waals surface area contributed by atoms with Crippen LogP contribution in [0.15, 0.2) is 0 Å². The predicted molar refractivity (Wildman–Crippen MR) is 87.3 cm³/mol. The molecule has 0 aromatic carbocycles. The minimum absolute atomic E-state index is 0.233. The molecular formula is C16H31N3O2. The molecule has 0 aliphatic heterocycles. The van der Waals surface area contributed by atoms with E-state index < -0.39 is 0 Å². The van der Waals surface area contributed by atoms with Crippen LogP contribution in [0.2, 0.25) is 0 Å². The maximum absolute atomic E-state index is 11.3. The second kappa shape index (κ2) is 12.3. The van der Waals surface area contributed by atoms with Gasteiger partial charge in [0.05, 0.1) is 20.1 Å². The molecule has 0 fully saturated rings. The molecule has 0 saturated heterocycles. The van der Waals surface area contributed by atoms with Crippen molar-refractivity contribution in [1.82, 2.24) is 14.9 Å². The van der Waals surface area contributed by atoms with E-state index in [9.17, 15) is 4.79 Å². The Balaban J connectivity index is 0. The van der Waals surface area contributed by atoms with Gasteiger partial charge in [0.25, 0.3) is 0 Å². The van der Waals surface area contributed by atoms with E-state index in [2.05, 4.69) is 14.7 Å². The molecule has 1 heterocycles. The summed E-state index contributed by atoms with van der Waals surface area (Å²) >= 11 is 0. The average Bonchev–Trinajstić information content (AvgIpc) is 2.46. The SMILES string of the molecule is CC.CC.COC(=O)Cc1c(C)nc(CN(C)C)nc1C. The number of hydrogen-bond acceptors (Lipinski definition) is 5. The number of rotatable bonds is 4. The summed E-state index contributed by atoms with van der Waals surface area (Å²) in [6.45, 7) is 12.5. The molecule has 0 radical (unpaired) electrons. The molecule has 5 nitrogen and oxygen atoms in total. The highest BCUT2D eigenvalue weighted by Crippen LogP contribution is 2.12. The summed E-state index contributed by atoms with van der Waals surface area (Å²) in [4.78, 5) is 22.1. The van der Waals surface area contributed by atoms with Crippen LogP contribution in [0.4, 0.5) is 0 Å². The van der Waals surface area contributed by atoms with Gasteiger partial charge in [-0.15, -0.1) is 0 Å². The topological polar surface area (TPSA) is 55.3 Å². The van der Waals surface area contributed by atoms with Gasteiger partial charge >= 0.3 is 5.97 Å². The largest absolute Gasteiger partial charge is 0.469 e. The van der Waals surface area contributed by atoms with Gasteiger partial charge in [0.1, 0.15) is 5.82 Å². The lowest BCUT2D eigenvalue weighted by Gasteiger charge is -2.12. The standard InChI is InChI=1S/C12H19N3O2.2C2H6/c1-8-10(6-12(16)17-5)9(2)14-11(13-8)7-15(3)4;2*1-2/h6-7H2,1-5H3;2*1-2H3. The van der Waals surface area contributed by atoms with Gasteiger partial charge < -0.3 is 9.64 Å². The van der Waals surface area contributed by atoms with Crippen molar-refractivity contribution in [2.45, 2.75) is 54.5 Å². The van der Waals surface area contributed by atoms with Crippen molar-refractivity contribution in [1.29, 1.82) is 0 Å². The quantitative estimate of drug-likeness (QED) is 0.800. The third kappa shape index (κ3) is 8.40. The van der Waals surface area contributed by atoms with Crippen molar-refractivity contribution in [3.05, 3.63) is 22.8 Å². The molecule has 0 N–H and O–H groups in total. The first-order valence-electron chi connectivity index (χ1n) is 7.48. The molecule has 5 heteroatoms. The van der Waals surface area contributed by atoms with E-state index in [0.29, 0.717) is 6.54 Å². The van der Waals surface area contributed by atoms with E-state index in [-0.39, 0.29) is 12.4 Å². The molecule has 1 aromatic heterocycles. The van der Waals surface area contributed by atoms with E-state index in [0.717, 1.165) is 22.8 Å². The van der Waals surface area contributed by atoms with Crippen LogP contribution in [0.5, 0.6) is 0 Å². The predicted octanol–water partition coefficient (Wildman–Crippen LogP) is 2.92. The molecule has 21 heavy (non-hydrogen) atoms. The lowest BCUT2D eigenvalue weighted by molar-refractivity contribution is -0.139. The summed E-state index contributed by atoms with van der Waals surface area (Å²) in [6, 6.07) is 0. The molecule has 1 aromatic rings. The number of esters is 1. The minimum Gasteiger partial charge on any atom is -0.469 e. The van der Waals surface area contributed by atoms with Crippen molar-refractivity contribution >= 4 is 5.97 Å². The van der Waals surface area contributed by atoms with Crippen LogP contribution in [-0.2, 0) is 22.5 Å². The van der Waals surface area contributed by atoms with Crippen LogP contribution in [0.1, 0.15) is 50.5 Å². The second-order valence-corrected chi connectivity index (χ2v) is 4.28. The van der Waals surface area contributed by atoms with Crippen LogP contribution in [0.25, 0.3) is 0 Å². The van der Waals surface area contributed by atoms with E-state index in [1.54, 1.807) is 0 Å². The van der Waals surface area contributed by atoms with Crippen LogP contribution < -0.4 is 0 Å². The van der Waals surface area contributed by atoms with Crippen LogP contribution in [0, 0.1) is 13.8 Å². The third-order valence-corrected chi connectivity index (χ3v) is 2.47. The van der Waals surface area contributed by atoms with Crippen molar-refractivity contribution in [2.24, 2.45) is 0 Å². The number of carbonyl (C=O) groups is 1. The Labute approximate surface area is 129 Å². The highest BCUT2D eigenvalue weighted by Gasteiger charge is 2.12. The molecule has 0 aliphatic carbocycles. The van der Waals surface area contributed by atoms with E-state index in [1.807, 2.05) is 60.5 Å². The van der Waals surface area contributed by atoms with Gasteiger partial charge in [0, 0.05) is 17.0 Å². The molecule has 0 unspecified atom stereocenters. The number of methoxy groups -OCH3 is 1. The van der Waals surface area contributed by atoms with Crippen molar-refractivity contribution in [2.75, 3.05) is 21.2 Å². The number of ether oxygens (including phenoxy) is 1. The minimum atomic E-state index is -0.264. The lowest BCUT2D eigenvalue weighted by Crippen LogP contribution is -2.16. The zero-order valence-electron chi connectivity index (χ0n) is 15.1. The van der Waals surface area contributed by atoms with Gasteiger partial charge in [-0.1, -0.05) is 27.7 Å². The molecule has 1 rings (SSSR count). The fourth-order valence-electron chi connectivity index (χ4n) is 1.63. The maximum atomic E-state index is 11.3. The van der Waals surface area contributed by atoms with E-state index in [1.165, 1.54) is 7.11 Å². The van der Waals surface area contributed by atoms with Gasteiger partial charge in [-0.05, 0) is 27.9 Å². The van der Waals surface area contributed by atoms with Crippen LogP contribution >= 0.6 is 0 Å². The van der Waals surface area contributed by atoms with Crippen LogP contribution in [-0.4, -0.2) is 42.0 Å². The Morgan fingerprint density at radius 3 is 1.81 bits per heavy atom. The van der Waals surface area contributed by atoms with Gasteiger partial charge in [0.2, 0.25) is 0 Å². The van der Waals surface area contributed by atoms with E-state index in [4.69, 9.17) is 0 Å². The Morgan fingerprint density at radius 1 is 1.05 bits per heavy atom. The molecule has 0 aliphatic rings. The molecule has 0 spiro atoms. The molecule has 0 atom stereocenters. The second-order valence-electron chi connectivity index (χ2n) is 4.28. The van der Waals surface area contributed by atoms with Gasteiger partial charge in [-0.2, -0.15) is 0 Å². The summed E-state index contributed by atoms with van der Waals surface area (Å²) in [5.41, 5.74) is 2.55. The van der Waals surface area contributed by atoms with Crippen molar-refractivity contribution < 1.29 is 9.53 Å².